The van der Waals surface area contributed by atoms with Crippen LogP contribution in [-0.4, -0.2) is 19.1 Å². The van der Waals surface area contributed by atoms with E-state index < -0.39 is 0 Å². The smallest absolute Gasteiger partial charge is 0.108 e. The van der Waals surface area contributed by atoms with E-state index in [0.29, 0.717) is 0 Å². The molecule has 0 aliphatic carbocycles. The number of aromatic nitrogens is 4. The van der Waals surface area contributed by atoms with Crippen molar-refractivity contribution in [1.82, 2.24) is 19.1 Å². The molecule has 0 saturated carbocycles. The summed E-state index contributed by atoms with van der Waals surface area (Å²) in [5.41, 5.74) is 13.2. The number of fused-ring (bicyclic) bond motifs is 9. The van der Waals surface area contributed by atoms with Gasteiger partial charge in [-0.25, -0.2) is 4.98 Å². The molecular formula is C46H28N4S. The molecular weight excluding hydrogens is 641 g/mol. The number of hydrogen-bond acceptors (Lipinski definition) is 3. The first-order valence-electron chi connectivity index (χ1n) is 17.2. The fraction of sp³-hybridized carbons (Fsp3) is 0. The minimum absolute atomic E-state index is 0.944. The Bertz CT molecular complexity index is 3130. The van der Waals surface area contributed by atoms with Crippen LogP contribution in [0.4, 0.5) is 0 Å². The number of rotatable bonds is 4. The van der Waals surface area contributed by atoms with Crippen LogP contribution in [0.1, 0.15) is 0 Å². The third kappa shape index (κ3) is 4.32. The third-order valence-electron chi connectivity index (χ3n) is 10.2. The van der Waals surface area contributed by atoms with Crippen LogP contribution in [0.3, 0.4) is 0 Å². The van der Waals surface area contributed by atoms with Gasteiger partial charge in [0.2, 0.25) is 0 Å². The van der Waals surface area contributed by atoms with Gasteiger partial charge in [0.05, 0.1) is 37.2 Å². The number of hydrogen-bond donors (Lipinski definition) is 0. The molecule has 11 rings (SSSR count). The summed E-state index contributed by atoms with van der Waals surface area (Å²) in [6.07, 6.45) is 2.00. The fourth-order valence-electron chi connectivity index (χ4n) is 7.83. The van der Waals surface area contributed by atoms with Gasteiger partial charge in [0.15, 0.2) is 0 Å². The van der Waals surface area contributed by atoms with E-state index in [2.05, 4.69) is 173 Å². The Kier molecular flexibility index (Phi) is 6.09. The van der Waals surface area contributed by atoms with Gasteiger partial charge >= 0.3 is 0 Å². The van der Waals surface area contributed by atoms with Gasteiger partial charge in [0, 0.05) is 50.2 Å². The van der Waals surface area contributed by atoms with E-state index in [-0.39, 0.29) is 0 Å². The van der Waals surface area contributed by atoms with E-state index in [9.17, 15) is 0 Å². The minimum Gasteiger partial charge on any atom is -0.309 e. The van der Waals surface area contributed by atoms with Gasteiger partial charge in [-0.3, -0.25) is 4.98 Å². The highest BCUT2D eigenvalue weighted by Gasteiger charge is 2.17. The molecule has 0 unspecified atom stereocenters. The molecule has 0 atom stereocenters. The zero-order valence-electron chi connectivity index (χ0n) is 27.4. The van der Waals surface area contributed by atoms with Gasteiger partial charge in [-0.15, -0.1) is 11.3 Å². The highest BCUT2D eigenvalue weighted by atomic mass is 32.1. The zero-order valence-corrected chi connectivity index (χ0v) is 28.2. The molecule has 0 bridgehead atoms. The van der Waals surface area contributed by atoms with Crippen LogP contribution >= 0.6 is 11.3 Å². The molecule has 5 heterocycles. The highest BCUT2D eigenvalue weighted by molar-refractivity contribution is 7.25. The Morgan fingerprint density at radius 3 is 1.59 bits per heavy atom. The lowest BCUT2D eigenvalue weighted by atomic mass is 10.0. The molecule has 0 fully saturated rings. The van der Waals surface area contributed by atoms with E-state index in [0.717, 1.165) is 54.2 Å². The maximum Gasteiger partial charge on any atom is 0.108 e. The molecule has 0 aliphatic rings. The van der Waals surface area contributed by atoms with Gasteiger partial charge in [-0.05, 0) is 72.3 Å². The van der Waals surface area contributed by atoms with Gasteiger partial charge < -0.3 is 9.13 Å². The summed E-state index contributed by atoms with van der Waals surface area (Å²) in [5, 5.41) is 4.98. The minimum atomic E-state index is 0.944. The van der Waals surface area contributed by atoms with Crippen molar-refractivity contribution in [3.8, 4) is 33.8 Å². The van der Waals surface area contributed by atoms with Crippen molar-refractivity contribution in [2.24, 2.45) is 0 Å². The molecule has 11 aromatic rings. The van der Waals surface area contributed by atoms with Gasteiger partial charge in [-0.2, -0.15) is 0 Å². The monoisotopic (exact) mass is 668 g/mol. The largest absolute Gasteiger partial charge is 0.309 e. The molecule has 0 aliphatic heterocycles. The Balaban J connectivity index is 1.03. The second-order valence-electron chi connectivity index (χ2n) is 13.1. The van der Waals surface area contributed by atoms with E-state index in [4.69, 9.17) is 9.97 Å². The third-order valence-corrected chi connectivity index (χ3v) is 11.2. The quantitative estimate of drug-likeness (QED) is 0.187. The van der Waals surface area contributed by atoms with Gasteiger partial charge in [-0.1, -0.05) is 97.1 Å². The van der Waals surface area contributed by atoms with Crippen molar-refractivity contribution >= 4 is 75.4 Å². The topological polar surface area (TPSA) is 35.6 Å². The maximum atomic E-state index is 5.24. The average Bonchev–Trinajstić information content (AvgIpc) is 3.85. The van der Waals surface area contributed by atoms with E-state index in [1.165, 1.54) is 43.6 Å². The fourth-order valence-corrected chi connectivity index (χ4v) is 8.87. The number of benzene rings is 6. The highest BCUT2D eigenvalue weighted by Crippen LogP contribution is 2.39. The Hall–Kier alpha value is -6.56. The van der Waals surface area contributed by atoms with Crippen LogP contribution in [0.5, 0.6) is 0 Å². The molecule has 6 aromatic carbocycles. The number of nitrogens with zero attached hydrogens (tertiary/aromatic N) is 4. The lowest BCUT2D eigenvalue weighted by Gasteiger charge is -2.09. The van der Waals surface area contributed by atoms with E-state index in [1.807, 2.05) is 6.20 Å². The predicted octanol–water partition coefficient (Wildman–Crippen LogP) is 12.4. The number of thiophene rings is 1. The molecule has 0 amide bonds. The van der Waals surface area contributed by atoms with Crippen molar-refractivity contribution in [1.29, 1.82) is 0 Å². The predicted molar refractivity (Wildman–Crippen MR) is 214 cm³/mol. The van der Waals surface area contributed by atoms with Crippen molar-refractivity contribution < 1.29 is 0 Å². The Morgan fingerprint density at radius 2 is 0.941 bits per heavy atom. The SMILES string of the molecule is c1ccc(-n2c3ccccc3c3ccc(-c4cnc5c(c4)sc4ccc(-c6ccc7c8ccccc8n(-c8ccccc8)c7c6)nc45)cc32)cc1. The molecule has 51 heavy (non-hydrogen) atoms. The summed E-state index contributed by atoms with van der Waals surface area (Å²) in [5.74, 6) is 0. The van der Waals surface area contributed by atoms with Crippen molar-refractivity contribution in [2.75, 3.05) is 0 Å². The normalized spacial score (nSPS) is 11.9. The molecule has 5 aromatic heterocycles. The molecule has 5 heteroatoms. The number of pyridine rings is 2. The molecule has 238 valence electrons. The second-order valence-corrected chi connectivity index (χ2v) is 14.1. The van der Waals surface area contributed by atoms with Gasteiger partial charge in [0.25, 0.3) is 0 Å². The van der Waals surface area contributed by atoms with Gasteiger partial charge in [0.1, 0.15) is 11.0 Å². The summed E-state index contributed by atoms with van der Waals surface area (Å²) in [4.78, 5) is 10.3. The van der Waals surface area contributed by atoms with E-state index >= 15 is 0 Å². The summed E-state index contributed by atoms with van der Waals surface area (Å²) in [6, 6.07) is 58.6. The lowest BCUT2D eigenvalue weighted by molar-refractivity contribution is 1.18. The molecule has 0 spiro atoms. The Morgan fingerprint density at radius 1 is 0.392 bits per heavy atom. The van der Waals surface area contributed by atoms with Crippen molar-refractivity contribution in [3.63, 3.8) is 0 Å². The first-order chi connectivity index (χ1) is 25.3. The molecule has 4 nitrogen and oxygen atoms in total. The Labute approximate surface area is 297 Å². The first kappa shape index (κ1) is 28.3. The zero-order chi connectivity index (χ0) is 33.5. The number of para-hydroxylation sites is 4. The molecule has 0 N–H and O–H groups in total. The van der Waals surface area contributed by atoms with Crippen LogP contribution in [0.15, 0.2) is 170 Å². The van der Waals surface area contributed by atoms with Crippen LogP contribution in [-0.2, 0) is 0 Å². The lowest BCUT2D eigenvalue weighted by Crippen LogP contribution is -1.93. The summed E-state index contributed by atoms with van der Waals surface area (Å²) < 4.78 is 6.99. The maximum absolute atomic E-state index is 5.24. The summed E-state index contributed by atoms with van der Waals surface area (Å²) in [6.45, 7) is 0. The first-order valence-corrected chi connectivity index (χ1v) is 18.0. The van der Waals surface area contributed by atoms with Crippen LogP contribution in [0.25, 0.3) is 97.8 Å². The second kappa shape index (κ2) is 11.0. The van der Waals surface area contributed by atoms with Crippen molar-refractivity contribution in [3.05, 3.63) is 170 Å². The average molecular weight is 669 g/mol. The summed E-state index contributed by atoms with van der Waals surface area (Å²) in [7, 11) is 0. The van der Waals surface area contributed by atoms with Crippen molar-refractivity contribution in [2.45, 2.75) is 0 Å². The van der Waals surface area contributed by atoms with Crippen LogP contribution < -0.4 is 0 Å². The molecule has 0 radical (unpaired) electrons. The molecule has 0 saturated heterocycles. The van der Waals surface area contributed by atoms with Crippen LogP contribution in [0.2, 0.25) is 0 Å². The van der Waals surface area contributed by atoms with Crippen LogP contribution in [0, 0.1) is 0 Å². The summed E-state index contributed by atoms with van der Waals surface area (Å²) >= 11 is 1.75. The standard InChI is InChI=1S/C46H28N4S/c1-3-11-32(12-4-1)49-39-17-9-7-15-34(39)36-21-19-29(25-41(36)49)31-27-44-45(47-28-31)46-43(51-44)24-23-38(48-46)30-20-22-37-35-16-8-10-18-40(35)50(42(37)26-30)33-13-5-2-6-14-33/h1-28H. The van der Waals surface area contributed by atoms with E-state index in [1.54, 1.807) is 11.3 Å².